The zero-order chi connectivity index (χ0) is 12.2. The quantitative estimate of drug-likeness (QED) is 0.696. The molecular weight excluding hydrogens is 204 g/mol. The number of urea groups is 1. The van der Waals surface area contributed by atoms with Gasteiger partial charge in [0.05, 0.1) is 6.61 Å². The number of rotatable bonds is 6. The van der Waals surface area contributed by atoms with Gasteiger partial charge in [-0.15, -0.1) is 0 Å². The molecule has 0 aromatic carbocycles. The highest BCUT2D eigenvalue weighted by Gasteiger charge is 2.38. The van der Waals surface area contributed by atoms with Crippen LogP contribution in [0.3, 0.4) is 0 Å². The van der Waals surface area contributed by atoms with Gasteiger partial charge in [0.25, 0.3) is 0 Å². The lowest BCUT2D eigenvalue weighted by atomic mass is 9.94. The molecule has 4 heteroatoms. The predicted octanol–water partition coefficient (Wildman–Crippen LogP) is 1.95. The molecule has 4 nitrogen and oxygen atoms in total. The van der Waals surface area contributed by atoms with E-state index in [1.54, 1.807) is 7.11 Å². The van der Waals surface area contributed by atoms with Crippen LogP contribution in [0.2, 0.25) is 0 Å². The Bertz CT molecular complexity index is 239. The van der Waals surface area contributed by atoms with Crippen LogP contribution in [0.15, 0.2) is 0 Å². The molecule has 1 rings (SSSR count). The molecule has 0 bridgehead atoms. The van der Waals surface area contributed by atoms with Crippen molar-refractivity contribution in [1.82, 2.24) is 9.80 Å². The molecule has 16 heavy (non-hydrogen) atoms. The van der Waals surface area contributed by atoms with Crippen LogP contribution >= 0.6 is 0 Å². The number of nitrogens with zero attached hydrogens (tertiary/aromatic N) is 2. The van der Waals surface area contributed by atoms with E-state index in [-0.39, 0.29) is 11.6 Å². The van der Waals surface area contributed by atoms with Gasteiger partial charge >= 0.3 is 6.03 Å². The maximum Gasteiger partial charge on any atom is 0.320 e. The minimum Gasteiger partial charge on any atom is -0.383 e. The van der Waals surface area contributed by atoms with Crippen molar-refractivity contribution in [2.45, 2.75) is 39.2 Å². The van der Waals surface area contributed by atoms with E-state index in [9.17, 15) is 4.79 Å². The third-order valence-corrected chi connectivity index (χ3v) is 3.84. The van der Waals surface area contributed by atoms with Gasteiger partial charge in [0.15, 0.2) is 0 Å². The molecule has 0 aromatic heterocycles. The largest absolute Gasteiger partial charge is 0.383 e. The van der Waals surface area contributed by atoms with E-state index in [0.717, 1.165) is 25.9 Å². The summed E-state index contributed by atoms with van der Waals surface area (Å²) in [6, 6.07) is 0.170. The van der Waals surface area contributed by atoms with E-state index in [4.69, 9.17) is 4.74 Å². The van der Waals surface area contributed by atoms with Gasteiger partial charge in [0.2, 0.25) is 0 Å². The van der Waals surface area contributed by atoms with E-state index in [0.29, 0.717) is 13.2 Å². The Balaban J connectivity index is 2.62. The Hall–Kier alpha value is -0.770. The van der Waals surface area contributed by atoms with E-state index in [2.05, 4.69) is 20.8 Å². The smallest absolute Gasteiger partial charge is 0.320 e. The molecule has 1 aliphatic rings. The standard InChI is InChI=1S/C12H24N2O2/c1-5-12(3,6-2)14-8-7-13(11(14)15)9-10-16-4/h5-10H2,1-4H3. The second kappa shape index (κ2) is 5.53. The van der Waals surface area contributed by atoms with Crippen molar-refractivity contribution < 1.29 is 9.53 Å². The molecule has 1 aliphatic heterocycles. The van der Waals surface area contributed by atoms with Crippen LogP contribution < -0.4 is 0 Å². The van der Waals surface area contributed by atoms with Crippen molar-refractivity contribution in [2.75, 3.05) is 33.4 Å². The summed E-state index contributed by atoms with van der Waals surface area (Å²) in [5.41, 5.74) is 0.0128. The zero-order valence-corrected chi connectivity index (χ0v) is 11.0. The summed E-state index contributed by atoms with van der Waals surface area (Å²) in [6.07, 6.45) is 2.01. The fourth-order valence-electron chi connectivity index (χ4n) is 2.12. The molecule has 0 aromatic rings. The third kappa shape index (κ3) is 2.48. The van der Waals surface area contributed by atoms with Gasteiger partial charge in [0, 0.05) is 32.3 Å². The van der Waals surface area contributed by atoms with Gasteiger partial charge in [0.1, 0.15) is 0 Å². The summed E-state index contributed by atoms with van der Waals surface area (Å²) in [5, 5.41) is 0. The van der Waals surface area contributed by atoms with Crippen LogP contribution in [0.5, 0.6) is 0 Å². The van der Waals surface area contributed by atoms with Crippen LogP contribution in [0.4, 0.5) is 4.79 Å². The number of methoxy groups -OCH3 is 1. The summed E-state index contributed by atoms with van der Waals surface area (Å²) >= 11 is 0. The highest BCUT2D eigenvalue weighted by molar-refractivity contribution is 5.77. The van der Waals surface area contributed by atoms with E-state index >= 15 is 0 Å². The average Bonchev–Trinajstić information content (AvgIpc) is 2.67. The monoisotopic (exact) mass is 228 g/mol. The number of hydrogen-bond donors (Lipinski definition) is 0. The normalized spacial score (nSPS) is 17.4. The lowest BCUT2D eigenvalue weighted by Gasteiger charge is -2.37. The van der Waals surface area contributed by atoms with E-state index in [1.807, 2.05) is 9.80 Å². The van der Waals surface area contributed by atoms with Crippen molar-refractivity contribution in [3.63, 3.8) is 0 Å². The van der Waals surface area contributed by atoms with Crippen molar-refractivity contribution >= 4 is 6.03 Å². The summed E-state index contributed by atoms with van der Waals surface area (Å²) < 4.78 is 5.01. The Kier molecular flexibility index (Phi) is 4.59. The number of hydrogen-bond acceptors (Lipinski definition) is 2. The molecule has 94 valence electrons. The molecule has 0 atom stereocenters. The van der Waals surface area contributed by atoms with Crippen molar-refractivity contribution in [1.29, 1.82) is 0 Å². The fraction of sp³-hybridized carbons (Fsp3) is 0.917. The highest BCUT2D eigenvalue weighted by Crippen LogP contribution is 2.27. The molecule has 1 saturated heterocycles. The first-order valence-electron chi connectivity index (χ1n) is 6.14. The number of carbonyl (C=O) groups is 1. The SMILES string of the molecule is CCC(C)(CC)N1CCN(CCOC)C1=O. The second-order valence-corrected chi connectivity index (χ2v) is 4.62. The Labute approximate surface area is 98.5 Å². The molecule has 2 amide bonds. The maximum absolute atomic E-state index is 12.2. The van der Waals surface area contributed by atoms with Gasteiger partial charge in [-0.2, -0.15) is 0 Å². The van der Waals surface area contributed by atoms with Crippen molar-refractivity contribution in [3.8, 4) is 0 Å². The summed E-state index contributed by atoms with van der Waals surface area (Å²) in [5.74, 6) is 0. The molecule has 0 spiro atoms. The lowest BCUT2D eigenvalue weighted by Crippen LogP contribution is -2.48. The van der Waals surface area contributed by atoms with Crippen molar-refractivity contribution in [2.24, 2.45) is 0 Å². The topological polar surface area (TPSA) is 32.8 Å². The first kappa shape index (κ1) is 13.3. The average molecular weight is 228 g/mol. The van der Waals surface area contributed by atoms with Gasteiger partial charge in [-0.1, -0.05) is 13.8 Å². The molecule has 1 heterocycles. The molecule has 0 saturated carbocycles. The fourth-order valence-corrected chi connectivity index (χ4v) is 2.12. The zero-order valence-electron chi connectivity index (χ0n) is 11.0. The number of carbonyl (C=O) groups excluding carboxylic acids is 1. The maximum atomic E-state index is 12.2. The highest BCUT2D eigenvalue weighted by atomic mass is 16.5. The number of amides is 2. The first-order valence-corrected chi connectivity index (χ1v) is 6.14. The minimum atomic E-state index is 0.0128. The first-order chi connectivity index (χ1) is 7.59. The molecule has 0 radical (unpaired) electrons. The van der Waals surface area contributed by atoms with Gasteiger partial charge < -0.3 is 14.5 Å². The van der Waals surface area contributed by atoms with Gasteiger partial charge in [-0.25, -0.2) is 4.79 Å². The number of ether oxygens (including phenoxy) is 1. The van der Waals surface area contributed by atoms with Gasteiger partial charge in [-0.05, 0) is 19.8 Å². The second-order valence-electron chi connectivity index (χ2n) is 4.62. The predicted molar refractivity (Wildman–Crippen MR) is 64.5 cm³/mol. The molecule has 0 N–H and O–H groups in total. The summed E-state index contributed by atoms with van der Waals surface area (Å²) in [7, 11) is 1.67. The van der Waals surface area contributed by atoms with Crippen LogP contribution in [-0.4, -0.2) is 54.7 Å². The molecular formula is C12H24N2O2. The van der Waals surface area contributed by atoms with Crippen LogP contribution in [0.1, 0.15) is 33.6 Å². The minimum absolute atomic E-state index is 0.0128. The van der Waals surface area contributed by atoms with Gasteiger partial charge in [-0.3, -0.25) is 0 Å². The van der Waals surface area contributed by atoms with Crippen LogP contribution in [0, 0.1) is 0 Å². The lowest BCUT2D eigenvalue weighted by molar-refractivity contribution is 0.122. The van der Waals surface area contributed by atoms with E-state index in [1.165, 1.54) is 0 Å². The Morgan fingerprint density at radius 2 is 1.94 bits per heavy atom. The molecule has 0 aliphatic carbocycles. The van der Waals surface area contributed by atoms with Crippen LogP contribution in [-0.2, 0) is 4.74 Å². The van der Waals surface area contributed by atoms with E-state index < -0.39 is 0 Å². The summed E-state index contributed by atoms with van der Waals surface area (Å²) in [6.45, 7) is 9.47. The Morgan fingerprint density at radius 3 is 2.44 bits per heavy atom. The molecule has 1 fully saturated rings. The molecule has 0 unspecified atom stereocenters. The third-order valence-electron chi connectivity index (χ3n) is 3.84. The van der Waals surface area contributed by atoms with Crippen LogP contribution in [0.25, 0.3) is 0 Å². The summed E-state index contributed by atoms with van der Waals surface area (Å²) in [4.78, 5) is 16.1. The van der Waals surface area contributed by atoms with Crippen molar-refractivity contribution in [3.05, 3.63) is 0 Å². The Morgan fingerprint density at radius 1 is 1.31 bits per heavy atom.